The third-order valence-corrected chi connectivity index (χ3v) is 3.46. The quantitative estimate of drug-likeness (QED) is 0.700. The molecule has 1 aliphatic carbocycles. The largest absolute Gasteiger partial charge is 0.352 e. The summed E-state index contributed by atoms with van der Waals surface area (Å²) in [6, 6.07) is 0.468. The summed E-state index contributed by atoms with van der Waals surface area (Å²) in [5.74, 6) is 0.0567. The van der Waals surface area contributed by atoms with E-state index in [0.717, 1.165) is 0 Å². The van der Waals surface area contributed by atoms with Gasteiger partial charge in [-0.3, -0.25) is 4.79 Å². The zero-order valence-electron chi connectivity index (χ0n) is 10.5. The van der Waals surface area contributed by atoms with Crippen molar-refractivity contribution >= 4 is 5.91 Å². The second kappa shape index (κ2) is 6.04. The van der Waals surface area contributed by atoms with Crippen molar-refractivity contribution in [3.05, 3.63) is 12.7 Å². The van der Waals surface area contributed by atoms with Crippen molar-refractivity contribution in [2.45, 2.75) is 45.6 Å². The molecule has 0 aromatic rings. The highest BCUT2D eigenvalue weighted by molar-refractivity contribution is 5.78. The van der Waals surface area contributed by atoms with Gasteiger partial charge in [-0.1, -0.05) is 32.8 Å². The number of hydrogen-bond donors (Lipinski definition) is 2. The van der Waals surface area contributed by atoms with E-state index in [9.17, 15) is 4.79 Å². The van der Waals surface area contributed by atoms with Crippen molar-refractivity contribution in [1.82, 2.24) is 10.6 Å². The van der Waals surface area contributed by atoms with E-state index >= 15 is 0 Å². The van der Waals surface area contributed by atoms with E-state index in [-0.39, 0.29) is 5.91 Å². The van der Waals surface area contributed by atoms with Crippen LogP contribution < -0.4 is 10.6 Å². The van der Waals surface area contributed by atoms with Gasteiger partial charge >= 0.3 is 0 Å². The summed E-state index contributed by atoms with van der Waals surface area (Å²) in [4.78, 5) is 11.4. The normalized spacial score (nSPS) is 23.8. The summed E-state index contributed by atoms with van der Waals surface area (Å²) in [5, 5.41) is 6.15. The Morgan fingerprint density at radius 3 is 2.88 bits per heavy atom. The number of carbonyl (C=O) groups is 1. The van der Waals surface area contributed by atoms with Crippen LogP contribution in [0.3, 0.4) is 0 Å². The van der Waals surface area contributed by atoms with Gasteiger partial charge in [-0.15, -0.1) is 6.58 Å². The highest BCUT2D eigenvalue weighted by Gasteiger charge is 2.31. The second-order valence-electron chi connectivity index (χ2n) is 5.26. The maximum absolute atomic E-state index is 11.4. The highest BCUT2D eigenvalue weighted by atomic mass is 16.1. The standard InChI is InChI=1S/C13H24N2O/c1-4-9-14-12(16)10-15-11-7-5-6-8-13(11,2)3/h4,11,15H,1,5-10H2,2-3H3,(H,14,16). The highest BCUT2D eigenvalue weighted by Crippen LogP contribution is 2.35. The Hall–Kier alpha value is -0.830. The Labute approximate surface area is 98.7 Å². The Morgan fingerprint density at radius 2 is 2.25 bits per heavy atom. The lowest BCUT2D eigenvalue weighted by Gasteiger charge is -2.39. The third kappa shape index (κ3) is 3.97. The predicted molar refractivity (Wildman–Crippen MR) is 67.2 cm³/mol. The molecule has 3 heteroatoms. The fourth-order valence-corrected chi connectivity index (χ4v) is 2.34. The summed E-state index contributed by atoms with van der Waals surface area (Å²) in [5.41, 5.74) is 0.316. The maximum atomic E-state index is 11.4. The molecule has 1 saturated carbocycles. The second-order valence-corrected chi connectivity index (χ2v) is 5.26. The third-order valence-electron chi connectivity index (χ3n) is 3.46. The molecule has 0 bridgehead atoms. The first-order valence-corrected chi connectivity index (χ1v) is 6.17. The van der Waals surface area contributed by atoms with Crippen molar-refractivity contribution in [3.63, 3.8) is 0 Å². The molecular weight excluding hydrogens is 200 g/mol. The van der Waals surface area contributed by atoms with Gasteiger partial charge in [0.1, 0.15) is 0 Å². The van der Waals surface area contributed by atoms with Gasteiger partial charge in [-0.25, -0.2) is 0 Å². The lowest BCUT2D eigenvalue weighted by molar-refractivity contribution is -0.120. The van der Waals surface area contributed by atoms with Crippen molar-refractivity contribution < 1.29 is 4.79 Å². The number of hydrogen-bond acceptors (Lipinski definition) is 2. The van der Waals surface area contributed by atoms with Crippen LogP contribution in [0.15, 0.2) is 12.7 Å². The minimum Gasteiger partial charge on any atom is -0.352 e. The molecule has 0 spiro atoms. The first-order chi connectivity index (χ1) is 7.56. The Bertz CT molecular complexity index is 248. The Kier molecular flexibility index (Phi) is 5.00. The molecule has 16 heavy (non-hydrogen) atoms. The van der Waals surface area contributed by atoms with Crippen LogP contribution in [-0.4, -0.2) is 25.0 Å². The topological polar surface area (TPSA) is 41.1 Å². The van der Waals surface area contributed by atoms with Crippen LogP contribution in [0, 0.1) is 5.41 Å². The molecule has 3 nitrogen and oxygen atoms in total. The molecule has 1 unspecified atom stereocenters. The van der Waals surface area contributed by atoms with E-state index in [4.69, 9.17) is 0 Å². The lowest BCUT2D eigenvalue weighted by Crippen LogP contribution is -2.47. The van der Waals surface area contributed by atoms with E-state index < -0.39 is 0 Å². The van der Waals surface area contributed by atoms with Crippen molar-refractivity contribution in [3.8, 4) is 0 Å². The first kappa shape index (κ1) is 13.2. The van der Waals surface area contributed by atoms with Gasteiger partial charge in [0, 0.05) is 12.6 Å². The molecule has 1 aliphatic rings. The fraction of sp³-hybridized carbons (Fsp3) is 0.769. The predicted octanol–water partition coefficient (Wildman–Crippen LogP) is 1.85. The van der Waals surface area contributed by atoms with Crippen molar-refractivity contribution in [2.24, 2.45) is 5.41 Å². The molecular formula is C13H24N2O. The van der Waals surface area contributed by atoms with E-state index in [2.05, 4.69) is 31.1 Å². The van der Waals surface area contributed by atoms with E-state index in [1.165, 1.54) is 25.7 Å². The van der Waals surface area contributed by atoms with Gasteiger partial charge in [-0.05, 0) is 18.3 Å². The van der Waals surface area contributed by atoms with E-state index in [1.54, 1.807) is 6.08 Å². The smallest absolute Gasteiger partial charge is 0.234 e. The van der Waals surface area contributed by atoms with Crippen LogP contribution in [-0.2, 0) is 4.79 Å². The van der Waals surface area contributed by atoms with Gasteiger partial charge in [0.05, 0.1) is 6.54 Å². The molecule has 92 valence electrons. The average molecular weight is 224 g/mol. The van der Waals surface area contributed by atoms with Gasteiger partial charge in [0.25, 0.3) is 0 Å². The van der Waals surface area contributed by atoms with Gasteiger partial charge in [0.2, 0.25) is 5.91 Å². The minimum atomic E-state index is 0.0567. The summed E-state index contributed by atoms with van der Waals surface area (Å²) < 4.78 is 0. The van der Waals surface area contributed by atoms with Gasteiger partial charge in [-0.2, -0.15) is 0 Å². The summed E-state index contributed by atoms with van der Waals surface area (Å²) in [7, 11) is 0. The molecule has 1 rings (SSSR count). The van der Waals surface area contributed by atoms with Crippen LogP contribution in [0.2, 0.25) is 0 Å². The van der Waals surface area contributed by atoms with Crippen molar-refractivity contribution in [2.75, 3.05) is 13.1 Å². The number of carbonyl (C=O) groups excluding carboxylic acids is 1. The summed E-state index contributed by atoms with van der Waals surface area (Å²) in [6.07, 6.45) is 6.71. The molecule has 0 heterocycles. The zero-order valence-corrected chi connectivity index (χ0v) is 10.5. The molecule has 0 radical (unpaired) electrons. The first-order valence-electron chi connectivity index (χ1n) is 6.17. The lowest BCUT2D eigenvalue weighted by atomic mass is 9.73. The Morgan fingerprint density at radius 1 is 1.50 bits per heavy atom. The maximum Gasteiger partial charge on any atom is 0.234 e. The van der Waals surface area contributed by atoms with E-state index in [0.29, 0.717) is 24.5 Å². The summed E-state index contributed by atoms with van der Waals surface area (Å²) in [6.45, 7) is 9.11. The summed E-state index contributed by atoms with van der Waals surface area (Å²) >= 11 is 0. The van der Waals surface area contributed by atoms with E-state index in [1.807, 2.05) is 0 Å². The zero-order chi connectivity index (χ0) is 12.0. The molecule has 0 aromatic heterocycles. The van der Waals surface area contributed by atoms with Gasteiger partial charge in [0.15, 0.2) is 0 Å². The van der Waals surface area contributed by atoms with Crippen LogP contribution in [0.25, 0.3) is 0 Å². The van der Waals surface area contributed by atoms with Crippen molar-refractivity contribution in [1.29, 1.82) is 0 Å². The SMILES string of the molecule is C=CCNC(=O)CNC1CCCCC1(C)C. The molecule has 0 saturated heterocycles. The van der Waals surface area contributed by atoms with Crippen LogP contribution >= 0.6 is 0 Å². The molecule has 2 N–H and O–H groups in total. The fourth-order valence-electron chi connectivity index (χ4n) is 2.34. The van der Waals surface area contributed by atoms with Gasteiger partial charge < -0.3 is 10.6 Å². The molecule has 1 atom stereocenters. The molecule has 0 aliphatic heterocycles. The number of rotatable bonds is 5. The van der Waals surface area contributed by atoms with Crippen LogP contribution in [0.1, 0.15) is 39.5 Å². The monoisotopic (exact) mass is 224 g/mol. The number of amides is 1. The van der Waals surface area contributed by atoms with Crippen LogP contribution in [0.4, 0.5) is 0 Å². The average Bonchev–Trinajstić information content (AvgIpc) is 2.24. The molecule has 0 aromatic carbocycles. The minimum absolute atomic E-state index is 0.0567. The molecule has 1 amide bonds. The van der Waals surface area contributed by atoms with Crippen LogP contribution in [0.5, 0.6) is 0 Å². The molecule has 1 fully saturated rings. The Balaban J connectivity index is 2.30. The number of nitrogens with one attached hydrogen (secondary N) is 2.